The van der Waals surface area contributed by atoms with Crippen LogP contribution < -0.4 is 11.5 Å². The molecule has 27 heavy (non-hydrogen) atoms. The molecule has 8 heteroatoms. The van der Waals surface area contributed by atoms with Gasteiger partial charge < -0.3 is 11.5 Å². The zero-order chi connectivity index (χ0) is 19.7. The summed E-state index contributed by atoms with van der Waals surface area (Å²) < 4.78 is 1.40. The van der Waals surface area contributed by atoms with Crippen LogP contribution >= 0.6 is 11.6 Å². The summed E-state index contributed by atoms with van der Waals surface area (Å²) in [5.41, 5.74) is 14.8. The summed E-state index contributed by atoms with van der Waals surface area (Å²) in [6.07, 6.45) is 0. The number of rotatable bonds is 5. The number of hydrogen-bond acceptors (Lipinski definition) is 5. The van der Waals surface area contributed by atoms with Gasteiger partial charge in [0.2, 0.25) is 0 Å². The van der Waals surface area contributed by atoms with E-state index >= 15 is 0 Å². The Balaban J connectivity index is 1.92. The van der Waals surface area contributed by atoms with E-state index in [2.05, 4.69) is 10.3 Å². The molecule has 138 valence electrons. The Morgan fingerprint density at radius 3 is 2.22 bits per heavy atom. The van der Waals surface area contributed by atoms with Crippen LogP contribution in [0.15, 0.2) is 36.4 Å². The van der Waals surface area contributed by atoms with Crippen LogP contribution in [-0.4, -0.2) is 26.7 Å². The smallest absolute Gasteiger partial charge is 0.273 e. The molecular weight excluding hydrogens is 366 g/mol. The summed E-state index contributed by atoms with van der Waals surface area (Å²) in [6, 6.07) is 10.6. The maximum absolute atomic E-state index is 12.9. The lowest BCUT2D eigenvalue weighted by molar-refractivity contribution is 0.0994. The molecule has 0 aliphatic heterocycles. The van der Waals surface area contributed by atoms with E-state index in [1.54, 1.807) is 24.3 Å². The van der Waals surface area contributed by atoms with E-state index in [4.69, 9.17) is 23.1 Å². The lowest BCUT2D eigenvalue weighted by Crippen LogP contribution is -2.15. The fourth-order valence-corrected chi connectivity index (χ4v) is 3.16. The number of aryl methyl sites for hydroxylation is 2. The first kappa shape index (κ1) is 18.6. The van der Waals surface area contributed by atoms with Crippen molar-refractivity contribution in [2.24, 2.45) is 5.73 Å². The highest BCUT2D eigenvalue weighted by Gasteiger charge is 2.18. The molecule has 0 bridgehead atoms. The summed E-state index contributed by atoms with van der Waals surface area (Å²) in [4.78, 5) is 24.1. The Bertz CT molecular complexity index is 1020. The monoisotopic (exact) mass is 383 g/mol. The highest BCUT2D eigenvalue weighted by molar-refractivity contribution is 6.30. The summed E-state index contributed by atoms with van der Waals surface area (Å²) in [6.45, 7) is 4.06. The zero-order valence-electron chi connectivity index (χ0n) is 14.9. The van der Waals surface area contributed by atoms with Gasteiger partial charge in [-0.25, -0.2) is 4.68 Å². The van der Waals surface area contributed by atoms with Crippen molar-refractivity contribution in [2.75, 3.05) is 5.73 Å². The molecule has 4 N–H and O–H groups in total. The molecule has 0 saturated heterocycles. The van der Waals surface area contributed by atoms with E-state index < -0.39 is 5.91 Å². The first-order valence-electron chi connectivity index (χ1n) is 8.17. The van der Waals surface area contributed by atoms with Gasteiger partial charge in [-0.15, -0.1) is 5.10 Å². The predicted octanol–water partition coefficient (Wildman–Crippen LogP) is 2.51. The summed E-state index contributed by atoms with van der Waals surface area (Å²) in [7, 11) is 0. The van der Waals surface area contributed by atoms with E-state index in [-0.39, 0.29) is 17.3 Å². The number of benzene rings is 2. The highest BCUT2D eigenvalue weighted by Crippen LogP contribution is 2.22. The largest absolute Gasteiger partial charge is 0.382 e. The maximum Gasteiger partial charge on any atom is 0.273 e. The van der Waals surface area contributed by atoms with E-state index in [0.29, 0.717) is 22.7 Å². The molecule has 7 nitrogen and oxygen atoms in total. The Kier molecular flexibility index (Phi) is 4.96. The molecule has 0 aliphatic carbocycles. The van der Waals surface area contributed by atoms with Crippen molar-refractivity contribution in [1.29, 1.82) is 0 Å². The average molecular weight is 384 g/mol. The first-order valence-corrected chi connectivity index (χ1v) is 8.55. The maximum atomic E-state index is 12.9. The minimum Gasteiger partial charge on any atom is -0.382 e. The summed E-state index contributed by atoms with van der Waals surface area (Å²) >= 11 is 5.89. The van der Waals surface area contributed by atoms with Crippen LogP contribution in [0.2, 0.25) is 5.02 Å². The molecule has 0 saturated carbocycles. The average Bonchev–Trinajstić information content (AvgIpc) is 2.95. The van der Waals surface area contributed by atoms with Crippen LogP contribution in [0.3, 0.4) is 0 Å². The van der Waals surface area contributed by atoms with Crippen molar-refractivity contribution in [3.63, 3.8) is 0 Å². The fourth-order valence-electron chi connectivity index (χ4n) is 3.03. The Morgan fingerprint density at radius 2 is 1.70 bits per heavy atom. The number of hydrogen-bond donors (Lipinski definition) is 2. The quantitative estimate of drug-likeness (QED) is 0.656. The normalized spacial score (nSPS) is 10.8. The van der Waals surface area contributed by atoms with Crippen molar-refractivity contribution < 1.29 is 9.59 Å². The second-order valence-electron chi connectivity index (χ2n) is 6.29. The third-order valence-corrected chi connectivity index (χ3v) is 4.52. The number of carbonyl (C=O) groups excluding carboxylic acids is 2. The van der Waals surface area contributed by atoms with Crippen molar-refractivity contribution >= 4 is 29.1 Å². The number of anilines is 1. The SMILES string of the molecule is Cc1cc(Cn2nnc(C(N)=O)c2N)cc(C)c1C(=O)c1ccc(Cl)cc1. The molecule has 0 fully saturated rings. The second kappa shape index (κ2) is 7.20. The molecule has 0 aliphatic rings. The number of carbonyl (C=O) groups is 2. The summed E-state index contributed by atoms with van der Waals surface area (Å²) in [5, 5.41) is 8.14. The zero-order valence-corrected chi connectivity index (χ0v) is 15.6. The third kappa shape index (κ3) is 3.68. The van der Waals surface area contributed by atoms with Gasteiger partial charge in [0.15, 0.2) is 17.3 Å². The van der Waals surface area contributed by atoms with Crippen molar-refractivity contribution in [3.05, 3.63) is 74.9 Å². The Labute approximate surface area is 160 Å². The van der Waals surface area contributed by atoms with Gasteiger partial charge in [-0.2, -0.15) is 0 Å². The lowest BCUT2D eigenvalue weighted by Gasteiger charge is -2.12. The van der Waals surface area contributed by atoms with Crippen LogP contribution in [-0.2, 0) is 6.54 Å². The van der Waals surface area contributed by atoms with Gasteiger partial charge in [0.25, 0.3) is 5.91 Å². The molecule has 0 atom stereocenters. The van der Waals surface area contributed by atoms with Crippen LogP contribution in [0.1, 0.15) is 43.1 Å². The van der Waals surface area contributed by atoms with Gasteiger partial charge in [0, 0.05) is 16.1 Å². The molecular formula is C19H18ClN5O2. The molecule has 0 radical (unpaired) electrons. The van der Waals surface area contributed by atoms with Crippen LogP contribution in [0, 0.1) is 13.8 Å². The molecule has 1 amide bonds. The molecule has 0 spiro atoms. The number of nitrogen functional groups attached to an aromatic ring is 1. The minimum atomic E-state index is -0.727. The van der Waals surface area contributed by atoms with Crippen molar-refractivity contribution in [1.82, 2.24) is 15.0 Å². The second-order valence-corrected chi connectivity index (χ2v) is 6.72. The van der Waals surface area contributed by atoms with E-state index in [1.807, 2.05) is 26.0 Å². The van der Waals surface area contributed by atoms with Gasteiger partial charge >= 0.3 is 0 Å². The number of aromatic nitrogens is 3. The number of halogens is 1. The number of nitrogens with two attached hydrogens (primary N) is 2. The van der Waals surface area contributed by atoms with Crippen LogP contribution in [0.5, 0.6) is 0 Å². The summed E-state index contributed by atoms with van der Waals surface area (Å²) in [5.74, 6) is -0.682. The molecule has 3 rings (SSSR count). The lowest BCUT2D eigenvalue weighted by atomic mass is 9.93. The molecule has 1 heterocycles. The van der Waals surface area contributed by atoms with Crippen LogP contribution in [0.4, 0.5) is 5.82 Å². The third-order valence-electron chi connectivity index (χ3n) is 4.27. The van der Waals surface area contributed by atoms with Crippen LogP contribution in [0.25, 0.3) is 0 Å². The first-order chi connectivity index (χ1) is 12.8. The number of primary amides is 1. The van der Waals surface area contributed by atoms with E-state index in [9.17, 15) is 9.59 Å². The minimum absolute atomic E-state index is 0.0574. The number of amides is 1. The van der Waals surface area contributed by atoms with Gasteiger partial charge in [0.05, 0.1) is 6.54 Å². The van der Waals surface area contributed by atoms with E-state index in [0.717, 1.165) is 16.7 Å². The topological polar surface area (TPSA) is 117 Å². The number of nitrogens with zero attached hydrogens (tertiary/aromatic N) is 3. The van der Waals surface area contributed by atoms with Gasteiger partial charge in [-0.1, -0.05) is 28.9 Å². The predicted molar refractivity (Wildman–Crippen MR) is 103 cm³/mol. The Morgan fingerprint density at radius 1 is 1.11 bits per heavy atom. The highest BCUT2D eigenvalue weighted by atomic mass is 35.5. The standard InChI is InChI=1S/C19H18ClN5O2/c1-10-7-12(9-25-18(21)16(19(22)27)23-24-25)8-11(2)15(10)17(26)13-3-5-14(20)6-4-13/h3-8H,9,21H2,1-2H3,(H2,22,27). The molecule has 1 aromatic heterocycles. The van der Waals surface area contributed by atoms with Gasteiger partial charge in [0.1, 0.15) is 0 Å². The van der Waals surface area contributed by atoms with Gasteiger partial charge in [-0.3, -0.25) is 9.59 Å². The number of ketones is 1. The molecule has 2 aromatic carbocycles. The fraction of sp³-hybridized carbons (Fsp3) is 0.158. The van der Waals surface area contributed by atoms with Gasteiger partial charge in [-0.05, 0) is 54.8 Å². The Hall–Kier alpha value is -3.19. The molecule has 3 aromatic rings. The molecule has 0 unspecified atom stereocenters. The van der Waals surface area contributed by atoms with Crippen molar-refractivity contribution in [2.45, 2.75) is 20.4 Å². The van der Waals surface area contributed by atoms with E-state index in [1.165, 1.54) is 4.68 Å². The van der Waals surface area contributed by atoms with Crippen molar-refractivity contribution in [3.8, 4) is 0 Å².